The van der Waals surface area contributed by atoms with E-state index in [2.05, 4.69) is 43.3 Å². The second kappa shape index (κ2) is 6.33. The summed E-state index contributed by atoms with van der Waals surface area (Å²) in [5.41, 5.74) is 4.23. The molecule has 1 heterocycles. The van der Waals surface area contributed by atoms with Crippen LogP contribution in [0.4, 0.5) is 5.69 Å². The molecule has 0 amide bonds. The molecular weight excluding hydrogens is 350 g/mol. The van der Waals surface area contributed by atoms with E-state index in [0.29, 0.717) is 6.54 Å². The molecule has 0 aliphatic rings. The summed E-state index contributed by atoms with van der Waals surface area (Å²) >= 11 is 9.64. The number of nitrogens with zero attached hydrogens (tertiary/aromatic N) is 1. The van der Waals surface area contributed by atoms with Crippen LogP contribution in [-0.4, -0.2) is 9.97 Å². The lowest BCUT2D eigenvalue weighted by molar-refractivity contribution is 1.15. The van der Waals surface area contributed by atoms with Gasteiger partial charge in [-0.15, -0.1) is 0 Å². The van der Waals surface area contributed by atoms with Gasteiger partial charge in [-0.05, 0) is 41.5 Å². The first kappa shape index (κ1) is 14.2. The van der Waals surface area contributed by atoms with Crippen molar-refractivity contribution in [2.75, 3.05) is 5.32 Å². The zero-order valence-electron chi connectivity index (χ0n) is 11.1. The third-order valence-electron chi connectivity index (χ3n) is 3.18. The van der Waals surface area contributed by atoms with Crippen LogP contribution in [0.2, 0.25) is 5.02 Å². The van der Waals surface area contributed by atoms with Crippen LogP contribution in [0, 0.1) is 0 Å². The normalized spacial score (nSPS) is 10.6. The van der Waals surface area contributed by atoms with Crippen molar-refractivity contribution in [1.29, 1.82) is 0 Å². The molecule has 0 saturated carbocycles. The summed E-state index contributed by atoms with van der Waals surface area (Å²) in [6.45, 7) is 0.682. The fraction of sp³-hybridized carbons (Fsp3) is 0.0625. The molecule has 0 bridgehead atoms. The highest BCUT2D eigenvalue weighted by atomic mass is 79.9. The van der Waals surface area contributed by atoms with Gasteiger partial charge >= 0.3 is 0 Å². The summed E-state index contributed by atoms with van der Waals surface area (Å²) in [6, 6.07) is 14.0. The molecule has 0 spiro atoms. The first-order valence-electron chi connectivity index (χ1n) is 6.49. The summed E-state index contributed by atoms with van der Waals surface area (Å²) in [6.07, 6.45) is 3.49. The Balaban J connectivity index is 1.70. The number of hydrogen-bond donors (Lipinski definition) is 2. The molecule has 0 aliphatic heterocycles. The van der Waals surface area contributed by atoms with Crippen LogP contribution < -0.4 is 5.32 Å². The standard InChI is InChI=1S/C16H13BrClN3/c17-13-3-6-15(18)12(7-13)8-20-14-4-1-11(2-5-14)16-9-19-10-21-16/h1-7,9-10,20H,8H2,(H,19,21). The van der Waals surface area contributed by atoms with Crippen LogP contribution in [0.3, 0.4) is 0 Å². The highest BCUT2D eigenvalue weighted by molar-refractivity contribution is 9.10. The van der Waals surface area contributed by atoms with Crippen LogP contribution in [0.5, 0.6) is 0 Å². The number of aromatic amines is 1. The van der Waals surface area contributed by atoms with Crippen LogP contribution in [0.25, 0.3) is 11.3 Å². The van der Waals surface area contributed by atoms with Gasteiger partial charge in [0, 0.05) is 21.7 Å². The lowest BCUT2D eigenvalue weighted by Gasteiger charge is -2.09. The van der Waals surface area contributed by atoms with Crippen molar-refractivity contribution in [3.63, 3.8) is 0 Å². The number of aromatic nitrogens is 2. The van der Waals surface area contributed by atoms with Crippen molar-refractivity contribution < 1.29 is 0 Å². The van der Waals surface area contributed by atoms with Crippen LogP contribution in [0.15, 0.2) is 59.5 Å². The third-order valence-corrected chi connectivity index (χ3v) is 4.05. The van der Waals surface area contributed by atoms with Crippen LogP contribution in [-0.2, 0) is 6.54 Å². The van der Waals surface area contributed by atoms with E-state index >= 15 is 0 Å². The molecular formula is C16H13BrClN3. The molecule has 3 aromatic rings. The zero-order valence-corrected chi connectivity index (χ0v) is 13.4. The van der Waals surface area contributed by atoms with E-state index in [1.54, 1.807) is 6.33 Å². The number of anilines is 1. The molecule has 0 fully saturated rings. The van der Waals surface area contributed by atoms with Crippen molar-refractivity contribution in [2.24, 2.45) is 0 Å². The van der Waals surface area contributed by atoms with Gasteiger partial charge in [0.05, 0.1) is 18.2 Å². The largest absolute Gasteiger partial charge is 0.381 e. The molecule has 3 nitrogen and oxygen atoms in total. The highest BCUT2D eigenvalue weighted by Crippen LogP contribution is 2.23. The molecule has 2 N–H and O–H groups in total. The average molecular weight is 363 g/mol. The molecule has 0 unspecified atom stereocenters. The maximum atomic E-state index is 6.18. The van der Waals surface area contributed by atoms with Gasteiger partial charge in [-0.2, -0.15) is 0 Å². The molecule has 0 radical (unpaired) electrons. The van der Waals surface area contributed by atoms with Gasteiger partial charge in [-0.3, -0.25) is 0 Å². The average Bonchev–Trinajstić information content (AvgIpc) is 3.03. The Morgan fingerprint density at radius 3 is 2.67 bits per heavy atom. The van der Waals surface area contributed by atoms with E-state index in [9.17, 15) is 0 Å². The van der Waals surface area contributed by atoms with Crippen LogP contribution >= 0.6 is 27.5 Å². The number of H-pyrrole nitrogens is 1. The van der Waals surface area contributed by atoms with E-state index in [1.807, 2.05) is 36.5 Å². The minimum Gasteiger partial charge on any atom is -0.381 e. The van der Waals surface area contributed by atoms with Gasteiger partial charge in [0.1, 0.15) is 0 Å². The molecule has 2 aromatic carbocycles. The van der Waals surface area contributed by atoms with Crippen molar-refractivity contribution in [2.45, 2.75) is 6.54 Å². The predicted molar refractivity (Wildman–Crippen MR) is 90.5 cm³/mol. The summed E-state index contributed by atoms with van der Waals surface area (Å²) in [4.78, 5) is 7.11. The Labute approximate surface area is 136 Å². The summed E-state index contributed by atoms with van der Waals surface area (Å²) < 4.78 is 1.03. The second-order valence-corrected chi connectivity index (χ2v) is 5.95. The van der Waals surface area contributed by atoms with Gasteiger partial charge in [0.25, 0.3) is 0 Å². The number of imidazole rings is 1. The van der Waals surface area contributed by atoms with Crippen molar-refractivity contribution in [3.05, 3.63) is 70.0 Å². The number of rotatable bonds is 4. The van der Waals surface area contributed by atoms with E-state index in [4.69, 9.17) is 11.6 Å². The topological polar surface area (TPSA) is 40.7 Å². The number of nitrogens with one attached hydrogen (secondary N) is 2. The lowest BCUT2D eigenvalue weighted by Crippen LogP contribution is -2.00. The van der Waals surface area contributed by atoms with Crippen molar-refractivity contribution in [1.82, 2.24) is 9.97 Å². The Bertz CT molecular complexity index is 724. The first-order chi connectivity index (χ1) is 10.2. The molecule has 1 aromatic heterocycles. The van der Waals surface area contributed by atoms with E-state index in [0.717, 1.165) is 32.0 Å². The fourth-order valence-electron chi connectivity index (χ4n) is 2.06. The molecule has 21 heavy (non-hydrogen) atoms. The second-order valence-electron chi connectivity index (χ2n) is 4.63. The molecule has 0 aliphatic carbocycles. The maximum Gasteiger partial charge on any atom is 0.0924 e. The van der Waals surface area contributed by atoms with Crippen molar-refractivity contribution >= 4 is 33.2 Å². The maximum absolute atomic E-state index is 6.18. The number of halogens is 2. The zero-order chi connectivity index (χ0) is 14.7. The minimum absolute atomic E-state index is 0.682. The number of benzene rings is 2. The Morgan fingerprint density at radius 1 is 1.14 bits per heavy atom. The minimum atomic E-state index is 0.682. The lowest BCUT2D eigenvalue weighted by atomic mass is 10.1. The Kier molecular flexibility index (Phi) is 4.27. The summed E-state index contributed by atoms with van der Waals surface area (Å²) in [7, 11) is 0. The van der Waals surface area contributed by atoms with E-state index in [1.165, 1.54) is 0 Å². The summed E-state index contributed by atoms with van der Waals surface area (Å²) in [5, 5.41) is 4.13. The summed E-state index contributed by atoms with van der Waals surface area (Å²) in [5.74, 6) is 0. The van der Waals surface area contributed by atoms with Gasteiger partial charge in [-0.1, -0.05) is 39.7 Å². The number of hydrogen-bond acceptors (Lipinski definition) is 2. The van der Waals surface area contributed by atoms with Gasteiger partial charge in [0.15, 0.2) is 0 Å². The van der Waals surface area contributed by atoms with Gasteiger partial charge < -0.3 is 10.3 Å². The smallest absolute Gasteiger partial charge is 0.0924 e. The van der Waals surface area contributed by atoms with E-state index in [-0.39, 0.29) is 0 Å². The first-order valence-corrected chi connectivity index (χ1v) is 7.66. The molecule has 5 heteroatoms. The highest BCUT2D eigenvalue weighted by Gasteiger charge is 2.02. The van der Waals surface area contributed by atoms with Crippen LogP contribution in [0.1, 0.15) is 5.56 Å². The Morgan fingerprint density at radius 2 is 1.95 bits per heavy atom. The Hall–Kier alpha value is -1.78. The quantitative estimate of drug-likeness (QED) is 0.677. The van der Waals surface area contributed by atoms with Gasteiger partial charge in [-0.25, -0.2) is 4.98 Å². The van der Waals surface area contributed by atoms with E-state index < -0.39 is 0 Å². The predicted octanol–water partition coefficient (Wildman–Crippen LogP) is 5.10. The van der Waals surface area contributed by atoms with Crippen molar-refractivity contribution in [3.8, 4) is 11.3 Å². The molecule has 3 rings (SSSR count). The van der Waals surface area contributed by atoms with Gasteiger partial charge in [0.2, 0.25) is 0 Å². The fourth-order valence-corrected chi connectivity index (χ4v) is 2.65. The molecule has 0 atom stereocenters. The molecule has 106 valence electrons. The third kappa shape index (κ3) is 3.46. The molecule has 0 saturated heterocycles. The SMILES string of the molecule is Clc1ccc(Br)cc1CNc1ccc(-c2cnc[nH]2)cc1. The monoisotopic (exact) mass is 361 g/mol.